The number of carbonyl (C=O) groups excluding carboxylic acids is 1. The lowest BCUT2D eigenvalue weighted by molar-refractivity contribution is -0.384. The lowest BCUT2D eigenvalue weighted by atomic mass is 10.1. The summed E-state index contributed by atoms with van der Waals surface area (Å²) in [7, 11) is 0. The van der Waals surface area contributed by atoms with Gasteiger partial charge in [-0.2, -0.15) is 19.9 Å². The minimum atomic E-state index is -0.671. The molecule has 0 radical (unpaired) electrons. The van der Waals surface area contributed by atoms with Crippen molar-refractivity contribution in [2.24, 2.45) is 0 Å². The predicted molar refractivity (Wildman–Crippen MR) is 137 cm³/mol. The van der Waals surface area contributed by atoms with Crippen LogP contribution in [0, 0.1) is 30.9 Å². The maximum Gasteiger partial charge on any atom is 0.288 e. The fraction of sp³-hybridized carbons (Fsp3) is 0.125. The number of anilines is 1. The molecule has 0 spiro atoms. The lowest BCUT2D eigenvalue weighted by Gasteiger charge is -2.10. The number of fused-ring (bicyclic) bond motifs is 1. The van der Waals surface area contributed by atoms with E-state index in [1.165, 1.54) is 23.0 Å². The van der Waals surface area contributed by atoms with E-state index in [1.54, 1.807) is 17.7 Å². The summed E-state index contributed by atoms with van der Waals surface area (Å²) in [6, 6.07) is 11.1. The number of nitro groups is 1. The third-order valence-electron chi connectivity index (χ3n) is 5.84. The zero-order valence-electron chi connectivity index (χ0n) is 19.8. The van der Waals surface area contributed by atoms with E-state index in [2.05, 4.69) is 25.5 Å². The SMILES string of the molecule is Cc1cc(NC(=O)c2ccc(Cl)c([N+](=O)[O-])c2)n(-c2nc3c(cnn3-c3ccc(C)c(C)c3)c(=O)[nH]2)n1. The van der Waals surface area contributed by atoms with Crippen LogP contribution >= 0.6 is 11.6 Å². The highest BCUT2D eigenvalue weighted by molar-refractivity contribution is 6.32. The van der Waals surface area contributed by atoms with E-state index < -0.39 is 22.1 Å². The van der Waals surface area contributed by atoms with Crippen LogP contribution in [0.3, 0.4) is 0 Å². The zero-order chi connectivity index (χ0) is 26.4. The molecule has 1 amide bonds. The molecule has 2 aromatic carbocycles. The van der Waals surface area contributed by atoms with Gasteiger partial charge in [0.05, 0.1) is 22.5 Å². The number of amides is 1. The van der Waals surface area contributed by atoms with Crippen molar-refractivity contribution in [2.45, 2.75) is 20.8 Å². The number of hydrogen-bond acceptors (Lipinski definition) is 7. The van der Waals surface area contributed by atoms with Crippen molar-refractivity contribution < 1.29 is 9.72 Å². The van der Waals surface area contributed by atoms with Crippen molar-refractivity contribution >= 4 is 40.0 Å². The summed E-state index contributed by atoms with van der Waals surface area (Å²) in [6.45, 7) is 5.68. The van der Waals surface area contributed by atoms with Gasteiger partial charge >= 0.3 is 0 Å². The van der Waals surface area contributed by atoms with Crippen LogP contribution in [0.1, 0.15) is 27.2 Å². The first-order chi connectivity index (χ1) is 17.6. The lowest BCUT2D eigenvalue weighted by Crippen LogP contribution is -2.19. The van der Waals surface area contributed by atoms with Gasteiger partial charge in [0.1, 0.15) is 16.2 Å². The largest absolute Gasteiger partial charge is 0.306 e. The molecule has 186 valence electrons. The number of rotatable bonds is 5. The number of nitrogens with zero attached hydrogens (tertiary/aromatic N) is 6. The average Bonchev–Trinajstić information content (AvgIpc) is 3.44. The molecule has 13 heteroatoms. The van der Waals surface area contributed by atoms with Crippen LogP contribution in [0.15, 0.2) is 53.5 Å². The third-order valence-corrected chi connectivity index (χ3v) is 6.16. The molecule has 0 aliphatic carbocycles. The molecular weight excluding hydrogens is 500 g/mol. The van der Waals surface area contributed by atoms with Gasteiger partial charge in [0, 0.05) is 17.7 Å². The minimum Gasteiger partial charge on any atom is -0.306 e. The molecule has 0 saturated carbocycles. The number of hydrogen-bond donors (Lipinski definition) is 2. The molecular formula is C24H19ClN8O4. The summed E-state index contributed by atoms with van der Waals surface area (Å²) in [5.41, 5.74) is 2.93. The molecule has 0 atom stereocenters. The van der Waals surface area contributed by atoms with Crippen molar-refractivity contribution in [3.05, 3.63) is 96.5 Å². The van der Waals surface area contributed by atoms with Crippen LogP contribution in [0.25, 0.3) is 22.7 Å². The smallest absolute Gasteiger partial charge is 0.288 e. The minimum absolute atomic E-state index is 0.0197. The quantitative estimate of drug-likeness (QED) is 0.263. The van der Waals surface area contributed by atoms with E-state index in [0.29, 0.717) is 11.3 Å². The fourth-order valence-corrected chi connectivity index (χ4v) is 3.97. The maximum atomic E-state index is 12.9. The number of aryl methyl sites for hydroxylation is 3. The second-order valence-electron chi connectivity index (χ2n) is 8.41. The highest BCUT2D eigenvalue weighted by atomic mass is 35.5. The highest BCUT2D eigenvalue weighted by Gasteiger charge is 2.20. The maximum absolute atomic E-state index is 12.9. The van der Waals surface area contributed by atoms with E-state index in [9.17, 15) is 19.7 Å². The van der Waals surface area contributed by atoms with E-state index in [4.69, 9.17) is 11.6 Å². The topological polar surface area (TPSA) is 154 Å². The number of benzene rings is 2. The van der Waals surface area contributed by atoms with Gasteiger partial charge < -0.3 is 5.32 Å². The Hall–Kier alpha value is -4.84. The third kappa shape index (κ3) is 4.34. The molecule has 0 aliphatic heterocycles. The summed E-state index contributed by atoms with van der Waals surface area (Å²) in [4.78, 5) is 43.6. The van der Waals surface area contributed by atoms with Gasteiger partial charge in [0.2, 0.25) is 5.95 Å². The molecule has 5 aromatic rings. The van der Waals surface area contributed by atoms with Crippen LogP contribution in [-0.4, -0.2) is 40.4 Å². The number of nitro benzene ring substituents is 1. The number of nitrogens with one attached hydrogen (secondary N) is 2. The van der Waals surface area contributed by atoms with Crippen molar-refractivity contribution in [1.29, 1.82) is 0 Å². The summed E-state index contributed by atoms with van der Waals surface area (Å²) < 4.78 is 2.83. The van der Waals surface area contributed by atoms with Crippen LogP contribution in [0.2, 0.25) is 5.02 Å². The van der Waals surface area contributed by atoms with Crippen molar-refractivity contribution in [2.75, 3.05) is 5.32 Å². The molecule has 3 aromatic heterocycles. The molecule has 5 rings (SSSR count). The molecule has 0 unspecified atom stereocenters. The van der Waals surface area contributed by atoms with Crippen LogP contribution in [0.4, 0.5) is 11.5 Å². The normalized spacial score (nSPS) is 11.1. The molecule has 0 aliphatic rings. The summed E-state index contributed by atoms with van der Waals surface area (Å²) in [5.74, 6) is -0.391. The highest BCUT2D eigenvalue weighted by Crippen LogP contribution is 2.26. The molecule has 0 fully saturated rings. The number of halogens is 1. The number of aromatic amines is 1. The predicted octanol–water partition coefficient (Wildman–Crippen LogP) is 4.03. The van der Waals surface area contributed by atoms with Crippen LogP contribution in [-0.2, 0) is 0 Å². The van der Waals surface area contributed by atoms with Crippen molar-refractivity contribution in [3.63, 3.8) is 0 Å². The van der Waals surface area contributed by atoms with Crippen molar-refractivity contribution in [3.8, 4) is 11.6 Å². The van der Waals surface area contributed by atoms with Gasteiger partial charge in [-0.25, -0.2) is 4.68 Å². The van der Waals surface area contributed by atoms with E-state index >= 15 is 0 Å². The Morgan fingerprint density at radius 2 is 1.86 bits per heavy atom. The number of H-pyrrole nitrogens is 1. The summed E-state index contributed by atoms with van der Waals surface area (Å²) in [5, 5.41) is 22.8. The Labute approximate surface area is 213 Å². The van der Waals surface area contributed by atoms with Gasteiger partial charge in [-0.05, 0) is 56.2 Å². The molecule has 37 heavy (non-hydrogen) atoms. The first kappa shape index (κ1) is 23.9. The Kier molecular flexibility index (Phi) is 5.80. The zero-order valence-corrected chi connectivity index (χ0v) is 20.6. The van der Waals surface area contributed by atoms with Gasteiger partial charge in [0.15, 0.2) is 5.65 Å². The van der Waals surface area contributed by atoms with Crippen LogP contribution in [0.5, 0.6) is 0 Å². The number of carbonyl (C=O) groups is 1. The fourth-order valence-electron chi connectivity index (χ4n) is 3.79. The van der Waals surface area contributed by atoms with Gasteiger partial charge in [-0.3, -0.25) is 24.7 Å². The van der Waals surface area contributed by atoms with E-state index in [1.807, 2.05) is 32.0 Å². The second-order valence-corrected chi connectivity index (χ2v) is 8.82. The average molecular weight is 519 g/mol. The molecule has 2 N–H and O–H groups in total. The first-order valence-electron chi connectivity index (χ1n) is 11.0. The molecule has 0 saturated heterocycles. The van der Waals surface area contributed by atoms with E-state index in [-0.39, 0.29) is 27.7 Å². The number of aromatic nitrogens is 6. The van der Waals surface area contributed by atoms with Gasteiger partial charge in [-0.15, -0.1) is 0 Å². The molecule has 12 nitrogen and oxygen atoms in total. The van der Waals surface area contributed by atoms with Crippen molar-refractivity contribution in [1.82, 2.24) is 29.5 Å². The Morgan fingerprint density at radius 1 is 1.08 bits per heavy atom. The van der Waals surface area contributed by atoms with Gasteiger partial charge in [0.25, 0.3) is 17.2 Å². The summed E-state index contributed by atoms with van der Waals surface area (Å²) >= 11 is 5.85. The Balaban J connectivity index is 1.56. The van der Waals surface area contributed by atoms with Crippen LogP contribution < -0.4 is 10.9 Å². The molecule has 0 bridgehead atoms. The first-order valence-corrected chi connectivity index (χ1v) is 11.4. The summed E-state index contributed by atoms with van der Waals surface area (Å²) in [6.07, 6.45) is 1.44. The standard InChI is InChI=1S/C24H19ClN8O4/c1-12-4-6-16(8-13(12)2)31-21-17(11-26-31)23(35)29-24(28-21)32-20(9-14(3)30-32)27-22(34)15-5-7-18(25)19(10-15)33(36)37/h4-11H,1-3H3,(H,27,34)(H,28,29,35). The Morgan fingerprint density at radius 3 is 2.59 bits per heavy atom. The molecule has 3 heterocycles. The monoisotopic (exact) mass is 518 g/mol. The van der Waals surface area contributed by atoms with E-state index in [0.717, 1.165) is 22.9 Å². The second kappa shape index (κ2) is 8.99. The Bertz CT molecular complexity index is 1790. The van der Waals surface area contributed by atoms with Gasteiger partial charge in [-0.1, -0.05) is 17.7 Å².